The lowest BCUT2D eigenvalue weighted by Crippen LogP contribution is -2.13. The van der Waals surface area contributed by atoms with Crippen molar-refractivity contribution < 1.29 is 4.79 Å². The monoisotopic (exact) mass is 261 g/mol. The molecule has 5 heteroatoms. The predicted octanol–water partition coefficient (Wildman–Crippen LogP) is 2.90. The van der Waals surface area contributed by atoms with E-state index in [1.807, 2.05) is 32.9 Å². The van der Waals surface area contributed by atoms with Gasteiger partial charge in [0, 0.05) is 0 Å². The van der Waals surface area contributed by atoms with E-state index in [1.165, 1.54) is 11.3 Å². The van der Waals surface area contributed by atoms with Gasteiger partial charge in [-0.1, -0.05) is 0 Å². The van der Waals surface area contributed by atoms with Gasteiger partial charge in [0.2, 0.25) is 0 Å². The third-order valence-electron chi connectivity index (χ3n) is 2.87. The van der Waals surface area contributed by atoms with Crippen LogP contribution >= 0.6 is 11.3 Å². The number of benzene rings is 1. The summed E-state index contributed by atoms with van der Waals surface area (Å²) in [5.41, 5.74) is 11.7. The number of thiazole rings is 1. The van der Waals surface area contributed by atoms with Gasteiger partial charge in [-0.3, -0.25) is 4.79 Å². The first-order chi connectivity index (χ1) is 8.49. The van der Waals surface area contributed by atoms with E-state index in [2.05, 4.69) is 10.3 Å². The Kier molecular flexibility index (Phi) is 3.34. The standard InChI is InChI=1S/C13H15N3OS/c1-7-4-10(14)11(5-8(7)2)16-13(17)12-9(3)15-6-18-12/h4-6H,14H2,1-3H3,(H,16,17). The van der Waals surface area contributed by atoms with Gasteiger partial charge in [0.05, 0.1) is 22.6 Å². The van der Waals surface area contributed by atoms with Crippen LogP contribution < -0.4 is 11.1 Å². The van der Waals surface area contributed by atoms with E-state index in [-0.39, 0.29) is 5.91 Å². The molecule has 2 rings (SSSR count). The van der Waals surface area contributed by atoms with Crippen molar-refractivity contribution >= 4 is 28.6 Å². The van der Waals surface area contributed by atoms with Crippen molar-refractivity contribution in [2.24, 2.45) is 0 Å². The molecule has 0 aliphatic carbocycles. The molecule has 0 aliphatic heterocycles. The predicted molar refractivity (Wildman–Crippen MR) is 75.1 cm³/mol. The third-order valence-corrected chi connectivity index (χ3v) is 3.79. The Morgan fingerprint density at radius 2 is 1.94 bits per heavy atom. The van der Waals surface area contributed by atoms with Gasteiger partial charge >= 0.3 is 0 Å². The topological polar surface area (TPSA) is 68.0 Å². The largest absolute Gasteiger partial charge is 0.397 e. The Hall–Kier alpha value is -1.88. The average Bonchev–Trinajstić information content (AvgIpc) is 2.72. The fraction of sp³-hybridized carbons (Fsp3) is 0.231. The minimum Gasteiger partial charge on any atom is -0.397 e. The first-order valence-corrected chi connectivity index (χ1v) is 6.45. The minimum absolute atomic E-state index is 0.162. The van der Waals surface area contributed by atoms with E-state index in [1.54, 1.807) is 5.51 Å². The molecule has 0 aliphatic rings. The van der Waals surface area contributed by atoms with Crippen molar-refractivity contribution in [1.29, 1.82) is 0 Å². The lowest BCUT2D eigenvalue weighted by Gasteiger charge is -2.10. The molecule has 3 N–H and O–H groups in total. The van der Waals surface area contributed by atoms with Crippen LogP contribution in [0.5, 0.6) is 0 Å². The first kappa shape index (κ1) is 12.6. The van der Waals surface area contributed by atoms with E-state index in [0.717, 1.165) is 16.8 Å². The van der Waals surface area contributed by atoms with Crippen molar-refractivity contribution in [3.05, 3.63) is 39.3 Å². The van der Waals surface area contributed by atoms with Crippen LogP contribution in [0.25, 0.3) is 0 Å². The molecule has 0 saturated carbocycles. The fourth-order valence-corrected chi connectivity index (χ4v) is 2.34. The summed E-state index contributed by atoms with van der Waals surface area (Å²) in [5.74, 6) is -0.162. The van der Waals surface area contributed by atoms with E-state index in [4.69, 9.17) is 5.73 Å². The van der Waals surface area contributed by atoms with Crippen LogP contribution in [0.15, 0.2) is 17.6 Å². The second-order valence-electron chi connectivity index (χ2n) is 4.24. The van der Waals surface area contributed by atoms with Gasteiger partial charge in [0.1, 0.15) is 4.88 Å². The van der Waals surface area contributed by atoms with Gasteiger partial charge in [-0.05, 0) is 44.0 Å². The van der Waals surface area contributed by atoms with Crippen LogP contribution in [0.3, 0.4) is 0 Å². The van der Waals surface area contributed by atoms with Crippen molar-refractivity contribution in [2.75, 3.05) is 11.1 Å². The van der Waals surface area contributed by atoms with Crippen LogP contribution in [-0.2, 0) is 0 Å². The molecule has 4 nitrogen and oxygen atoms in total. The highest BCUT2D eigenvalue weighted by molar-refractivity contribution is 7.12. The number of nitrogens with two attached hydrogens (primary N) is 1. The summed E-state index contributed by atoms with van der Waals surface area (Å²) >= 11 is 1.33. The summed E-state index contributed by atoms with van der Waals surface area (Å²) < 4.78 is 0. The van der Waals surface area contributed by atoms with Crippen molar-refractivity contribution in [3.8, 4) is 0 Å². The molecule has 0 radical (unpaired) electrons. The molecule has 0 spiro atoms. The Labute approximate surface area is 110 Å². The Morgan fingerprint density at radius 3 is 2.56 bits per heavy atom. The maximum atomic E-state index is 12.0. The molecule has 0 atom stereocenters. The Balaban J connectivity index is 2.28. The normalized spacial score (nSPS) is 10.4. The number of carbonyl (C=O) groups is 1. The quantitative estimate of drug-likeness (QED) is 0.817. The molecular formula is C13H15N3OS. The number of carbonyl (C=O) groups excluding carboxylic acids is 1. The van der Waals surface area contributed by atoms with Crippen molar-refractivity contribution in [3.63, 3.8) is 0 Å². The second kappa shape index (κ2) is 4.78. The zero-order chi connectivity index (χ0) is 13.3. The molecule has 0 saturated heterocycles. The summed E-state index contributed by atoms with van der Waals surface area (Å²) in [7, 11) is 0. The molecule has 1 amide bonds. The van der Waals surface area contributed by atoms with E-state index in [0.29, 0.717) is 16.3 Å². The van der Waals surface area contributed by atoms with E-state index in [9.17, 15) is 4.79 Å². The zero-order valence-electron chi connectivity index (χ0n) is 10.6. The van der Waals surface area contributed by atoms with Gasteiger partial charge < -0.3 is 11.1 Å². The second-order valence-corrected chi connectivity index (χ2v) is 5.10. The van der Waals surface area contributed by atoms with Gasteiger partial charge in [0.25, 0.3) is 5.91 Å². The Morgan fingerprint density at radius 1 is 1.28 bits per heavy atom. The summed E-state index contributed by atoms with van der Waals surface area (Å²) in [5, 5.41) is 2.83. The van der Waals surface area contributed by atoms with Gasteiger partial charge in [-0.2, -0.15) is 0 Å². The molecule has 94 valence electrons. The number of nitrogen functional groups attached to an aromatic ring is 1. The van der Waals surface area contributed by atoms with Crippen molar-refractivity contribution in [1.82, 2.24) is 4.98 Å². The van der Waals surface area contributed by atoms with Gasteiger partial charge in [0.15, 0.2) is 0 Å². The molecule has 1 aromatic carbocycles. The van der Waals surface area contributed by atoms with Crippen LogP contribution in [0.1, 0.15) is 26.5 Å². The molecule has 0 fully saturated rings. The first-order valence-electron chi connectivity index (χ1n) is 5.57. The molecule has 0 bridgehead atoms. The van der Waals surface area contributed by atoms with E-state index < -0.39 is 0 Å². The highest BCUT2D eigenvalue weighted by Crippen LogP contribution is 2.24. The molecule has 18 heavy (non-hydrogen) atoms. The summed E-state index contributed by atoms with van der Waals surface area (Å²) in [6, 6.07) is 3.75. The number of hydrogen-bond donors (Lipinski definition) is 2. The number of rotatable bonds is 2. The lowest BCUT2D eigenvalue weighted by molar-refractivity contribution is 0.103. The van der Waals surface area contributed by atoms with Crippen molar-refractivity contribution in [2.45, 2.75) is 20.8 Å². The number of anilines is 2. The minimum atomic E-state index is -0.162. The molecular weight excluding hydrogens is 246 g/mol. The maximum Gasteiger partial charge on any atom is 0.267 e. The molecule has 2 aromatic rings. The molecule has 1 aromatic heterocycles. The third kappa shape index (κ3) is 2.36. The van der Waals surface area contributed by atoms with E-state index >= 15 is 0 Å². The Bertz CT molecular complexity index is 604. The summed E-state index contributed by atoms with van der Waals surface area (Å²) in [4.78, 5) is 16.7. The highest BCUT2D eigenvalue weighted by Gasteiger charge is 2.13. The fourth-order valence-electron chi connectivity index (χ4n) is 1.65. The zero-order valence-corrected chi connectivity index (χ0v) is 11.4. The molecule has 0 unspecified atom stereocenters. The summed E-state index contributed by atoms with van der Waals surface area (Å²) in [6.07, 6.45) is 0. The average molecular weight is 261 g/mol. The highest BCUT2D eigenvalue weighted by atomic mass is 32.1. The number of aryl methyl sites for hydroxylation is 3. The number of aromatic nitrogens is 1. The van der Waals surface area contributed by atoms with Gasteiger partial charge in [-0.15, -0.1) is 11.3 Å². The number of amides is 1. The smallest absolute Gasteiger partial charge is 0.267 e. The van der Waals surface area contributed by atoms with Crippen LogP contribution in [-0.4, -0.2) is 10.9 Å². The maximum absolute atomic E-state index is 12.0. The number of nitrogens with zero attached hydrogens (tertiary/aromatic N) is 1. The van der Waals surface area contributed by atoms with Crippen LogP contribution in [0, 0.1) is 20.8 Å². The number of hydrogen-bond acceptors (Lipinski definition) is 4. The summed E-state index contributed by atoms with van der Waals surface area (Å²) in [6.45, 7) is 5.79. The number of nitrogens with one attached hydrogen (secondary N) is 1. The van der Waals surface area contributed by atoms with Crippen LogP contribution in [0.2, 0.25) is 0 Å². The van der Waals surface area contributed by atoms with Gasteiger partial charge in [-0.25, -0.2) is 4.98 Å². The molecule has 1 heterocycles. The SMILES string of the molecule is Cc1cc(N)c(NC(=O)c2scnc2C)cc1C. The van der Waals surface area contributed by atoms with Crippen LogP contribution in [0.4, 0.5) is 11.4 Å². The lowest BCUT2D eigenvalue weighted by atomic mass is 10.1.